The number of rotatable bonds is 3. The lowest BCUT2D eigenvalue weighted by molar-refractivity contribution is -0.0499. The van der Waals surface area contributed by atoms with Gasteiger partial charge in [0.15, 0.2) is 0 Å². The van der Waals surface area contributed by atoms with E-state index in [1.165, 1.54) is 0 Å². The first-order valence-electron chi connectivity index (χ1n) is 4.64. The van der Waals surface area contributed by atoms with Crippen molar-refractivity contribution in [2.75, 3.05) is 20.2 Å². The summed E-state index contributed by atoms with van der Waals surface area (Å²) in [5, 5.41) is 0. The van der Waals surface area contributed by atoms with Crippen molar-refractivity contribution in [3.8, 4) is 0 Å². The minimum absolute atomic E-state index is 0.399. The molecular formula is C9H17NO2. The summed E-state index contributed by atoms with van der Waals surface area (Å²) < 4.78 is 10.7. The minimum atomic E-state index is 0.399. The molecule has 0 spiro atoms. The van der Waals surface area contributed by atoms with Crippen molar-refractivity contribution in [1.82, 2.24) is 4.90 Å². The highest BCUT2D eigenvalue weighted by molar-refractivity contribution is 4.94. The van der Waals surface area contributed by atoms with Crippen molar-refractivity contribution < 1.29 is 9.47 Å². The van der Waals surface area contributed by atoms with Crippen molar-refractivity contribution in [3.05, 3.63) is 0 Å². The average molecular weight is 171 g/mol. The Morgan fingerprint density at radius 2 is 2.08 bits per heavy atom. The molecule has 0 N–H and O–H groups in total. The molecular weight excluding hydrogens is 154 g/mol. The Kier molecular flexibility index (Phi) is 2.10. The van der Waals surface area contributed by atoms with Crippen molar-refractivity contribution in [2.45, 2.75) is 32.3 Å². The molecule has 0 aromatic heterocycles. The molecule has 2 atom stereocenters. The van der Waals surface area contributed by atoms with Crippen LogP contribution in [0.15, 0.2) is 0 Å². The number of epoxide rings is 1. The maximum Gasteiger partial charge on any atom is 0.138 e. The number of nitrogens with zero attached hydrogens (tertiary/aromatic N) is 1. The van der Waals surface area contributed by atoms with E-state index in [2.05, 4.69) is 18.7 Å². The molecule has 3 nitrogen and oxygen atoms in total. The fourth-order valence-electron chi connectivity index (χ4n) is 1.72. The lowest BCUT2D eigenvalue weighted by atomic mass is 10.1. The van der Waals surface area contributed by atoms with E-state index in [4.69, 9.17) is 9.47 Å². The summed E-state index contributed by atoms with van der Waals surface area (Å²) in [5.41, 5.74) is 0. The first-order chi connectivity index (χ1) is 5.72. The lowest BCUT2D eigenvalue weighted by Gasteiger charge is -2.37. The van der Waals surface area contributed by atoms with Crippen LogP contribution >= 0.6 is 0 Å². The summed E-state index contributed by atoms with van der Waals surface area (Å²) in [6.07, 6.45) is 1.32. The van der Waals surface area contributed by atoms with Gasteiger partial charge in [0.05, 0.1) is 6.10 Å². The fraction of sp³-hybridized carbons (Fsp3) is 1.00. The van der Waals surface area contributed by atoms with Crippen molar-refractivity contribution in [3.63, 3.8) is 0 Å². The van der Waals surface area contributed by atoms with Gasteiger partial charge >= 0.3 is 0 Å². The maximum absolute atomic E-state index is 5.55. The standard InChI is InChI=1S/C9H17NO2/c1-6(2)8-9(12-8)10-4-7(5-10)11-3/h6-9H,4-5H2,1-3H3. The van der Waals surface area contributed by atoms with Crippen LogP contribution in [0.25, 0.3) is 0 Å². The van der Waals surface area contributed by atoms with Gasteiger partial charge in [0.1, 0.15) is 12.3 Å². The van der Waals surface area contributed by atoms with E-state index in [9.17, 15) is 0 Å². The average Bonchev–Trinajstić information content (AvgIpc) is 2.64. The van der Waals surface area contributed by atoms with Crippen LogP contribution in [0.1, 0.15) is 13.8 Å². The van der Waals surface area contributed by atoms with E-state index in [1.54, 1.807) is 7.11 Å². The van der Waals surface area contributed by atoms with Gasteiger partial charge in [-0.3, -0.25) is 4.90 Å². The number of ether oxygens (including phenoxy) is 2. The number of hydrogen-bond acceptors (Lipinski definition) is 3. The van der Waals surface area contributed by atoms with Gasteiger partial charge in [0, 0.05) is 20.2 Å². The zero-order valence-electron chi connectivity index (χ0n) is 7.99. The summed E-state index contributed by atoms with van der Waals surface area (Å²) >= 11 is 0. The Hall–Kier alpha value is -0.120. The topological polar surface area (TPSA) is 25.0 Å². The zero-order valence-corrected chi connectivity index (χ0v) is 7.99. The molecule has 0 radical (unpaired) electrons. The van der Waals surface area contributed by atoms with Crippen LogP contribution in [0.5, 0.6) is 0 Å². The summed E-state index contributed by atoms with van der Waals surface area (Å²) in [7, 11) is 1.77. The molecule has 2 aliphatic rings. The minimum Gasteiger partial charge on any atom is -0.379 e. The molecule has 2 aliphatic heterocycles. The molecule has 0 saturated carbocycles. The molecule has 2 rings (SSSR count). The van der Waals surface area contributed by atoms with Crippen LogP contribution in [-0.4, -0.2) is 43.5 Å². The van der Waals surface area contributed by atoms with Crippen LogP contribution in [0, 0.1) is 5.92 Å². The van der Waals surface area contributed by atoms with Crippen LogP contribution < -0.4 is 0 Å². The SMILES string of the molecule is COC1CN(C2OC2C(C)C)C1. The quantitative estimate of drug-likeness (QED) is 0.584. The normalized spacial score (nSPS) is 37.0. The summed E-state index contributed by atoms with van der Waals surface area (Å²) in [6, 6.07) is 0. The van der Waals surface area contributed by atoms with Gasteiger partial charge in [-0.05, 0) is 5.92 Å². The van der Waals surface area contributed by atoms with E-state index in [0.29, 0.717) is 24.4 Å². The number of hydrogen-bond donors (Lipinski definition) is 0. The van der Waals surface area contributed by atoms with E-state index in [1.807, 2.05) is 0 Å². The van der Waals surface area contributed by atoms with Crippen LogP contribution in [0.2, 0.25) is 0 Å². The Morgan fingerprint density at radius 3 is 2.50 bits per heavy atom. The largest absolute Gasteiger partial charge is 0.379 e. The van der Waals surface area contributed by atoms with Crippen molar-refractivity contribution in [1.29, 1.82) is 0 Å². The predicted octanol–water partition coefficient (Wildman–Crippen LogP) is 0.698. The van der Waals surface area contributed by atoms with E-state index < -0.39 is 0 Å². The molecule has 2 unspecified atom stereocenters. The van der Waals surface area contributed by atoms with Crippen molar-refractivity contribution in [2.24, 2.45) is 5.92 Å². The second-order valence-electron chi connectivity index (χ2n) is 4.05. The maximum atomic E-state index is 5.55. The molecule has 0 aromatic carbocycles. The molecule has 70 valence electrons. The molecule has 0 aromatic rings. The second kappa shape index (κ2) is 2.98. The molecule has 0 amide bonds. The van der Waals surface area contributed by atoms with Gasteiger partial charge in [0.25, 0.3) is 0 Å². The van der Waals surface area contributed by atoms with Gasteiger partial charge in [-0.25, -0.2) is 0 Å². The van der Waals surface area contributed by atoms with Crippen LogP contribution in [-0.2, 0) is 9.47 Å². The molecule has 2 fully saturated rings. The van der Waals surface area contributed by atoms with Gasteiger partial charge in [-0.1, -0.05) is 13.8 Å². The molecule has 0 bridgehead atoms. The number of likely N-dealkylation sites (tertiary alicyclic amines) is 1. The number of methoxy groups -OCH3 is 1. The third-order valence-corrected chi connectivity index (χ3v) is 2.73. The summed E-state index contributed by atoms with van der Waals surface area (Å²) in [6.45, 7) is 6.51. The van der Waals surface area contributed by atoms with E-state index in [0.717, 1.165) is 13.1 Å². The van der Waals surface area contributed by atoms with Crippen LogP contribution in [0.3, 0.4) is 0 Å². The lowest BCUT2D eigenvalue weighted by Crippen LogP contribution is -2.53. The third-order valence-electron chi connectivity index (χ3n) is 2.73. The van der Waals surface area contributed by atoms with Gasteiger partial charge in [-0.15, -0.1) is 0 Å². The first-order valence-corrected chi connectivity index (χ1v) is 4.64. The molecule has 2 saturated heterocycles. The van der Waals surface area contributed by atoms with Gasteiger partial charge in [0.2, 0.25) is 0 Å². The van der Waals surface area contributed by atoms with Gasteiger partial charge in [-0.2, -0.15) is 0 Å². The molecule has 12 heavy (non-hydrogen) atoms. The molecule has 3 heteroatoms. The van der Waals surface area contributed by atoms with Gasteiger partial charge < -0.3 is 9.47 Å². The zero-order chi connectivity index (χ0) is 8.72. The Labute approximate surface area is 73.6 Å². The Morgan fingerprint density at radius 1 is 1.42 bits per heavy atom. The first kappa shape index (κ1) is 8.48. The molecule has 0 aliphatic carbocycles. The highest BCUT2D eigenvalue weighted by Crippen LogP contribution is 2.34. The fourth-order valence-corrected chi connectivity index (χ4v) is 1.72. The molecule has 2 heterocycles. The monoisotopic (exact) mass is 171 g/mol. The van der Waals surface area contributed by atoms with E-state index >= 15 is 0 Å². The highest BCUT2D eigenvalue weighted by atomic mass is 16.6. The van der Waals surface area contributed by atoms with Crippen LogP contribution in [0.4, 0.5) is 0 Å². The van der Waals surface area contributed by atoms with E-state index in [-0.39, 0.29) is 0 Å². The Bertz CT molecular complexity index is 166. The second-order valence-corrected chi connectivity index (χ2v) is 4.05. The summed E-state index contributed by atoms with van der Waals surface area (Å²) in [4.78, 5) is 2.35. The highest BCUT2D eigenvalue weighted by Gasteiger charge is 2.49. The van der Waals surface area contributed by atoms with Crippen molar-refractivity contribution >= 4 is 0 Å². The third kappa shape index (κ3) is 1.37. The summed E-state index contributed by atoms with van der Waals surface area (Å²) in [5.74, 6) is 0.650. The smallest absolute Gasteiger partial charge is 0.138 e. The predicted molar refractivity (Wildman–Crippen MR) is 45.9 cm³/mol. The Balaban J connectivity index is 1.71.